The van der Waals surface area contributed by atoms with Gasteiger partial charge >= 0.3 is 6.43 Å². The molecule has 3 aromatic rings. The maximum absolute atomic E-state index is 13.1. The number of methoxy groups -OCH3 is 1. The quantitative estimate of drug-likeness (QED) is 0.497. The van der Waals surface area contributed by atoms with Crippen LogP contribution >= 0.6 is 15.9 Å². The summed E-state index contributed by atoms with van der Waals surface area (Å²) in [5.41, 5.74) is 0.331. The molecule has 0 radical (unpaired) electrons. The zero-order valence-corrected chi connectivity index (χ0v) is 16.3. The molecule has 0 saturated carbocycles. The number of halogens is 4. The summed E-state index contributed by atoms with van der Waals surface area (Å²) in [7, 11) is -3.02. The Balaban J connectivity index is 1.89. The van der Waals surface area contributed by atoms with Gasteiger partial charge in [0.05, 0.1) is 13.3 Å². The number of ether oxygens (including phenoxy) is 2. The van der Waals surface area contributed by atoms with Crippen molar-refractivity contribution in [2.24, 2.45) is 0 Å². The minimum Gasteiger partial charge on any atom is -0.478 e. The van der Waals surface area contributed by atoms with Crippen LogP contribution in [0.1, 0.15) is 0 Å². The van der Waals surface area contributed by atoms with E-state index in [1.807, 2.05) is 0 Å². The van der Waals surface area contributed by atoms with Gasteiger partial charge in [-0.25, -0.2) is 31.9 Å². The first kappa shape index (κ1) is 20.1. The summed E-state index contributed by atoms with van der Waals surface area (Å²) in [6, 6.07) is 3.11. The molecule has 3 heterocycles. The molecule has 0 aliphatic carbocycles. The highest BCUT2D eigenvalue weighted by atomic mass is 79.9. The van der Waals surface area contributed by atoms with Crippen molar-refractivity contribution in [1.82, 2.24) is 19.9 Å². The fourth-order valence-electron chi connectivity index (χ4n) is 2.16. The van der Waals surface area contributed by atoms with Crippen molar-refractivity contribution in [3.63, 3.8) is 0 Å². The lowest BCUT2D eigenvalue weighted by molar-refractivity contribution is -0.0681. The highest BCUT2D eigenvalue weighted by Gasteiger charge is 2.25. The summed E-state index contributed by atoms with van der Waals surface area (Å²) in [5, 5.41) is 0.319. The molecule has 0 aliphatic rings. The van der Waals surface area contributed by atoms with Crippen molar-refractivity contribution in [2.45, 2.75) is 17.7 Å². The number of nitrogens with one attached hydrogen (secondary N) is 2. The Bertz CT molecular complexity index is 1110. The van der Waals surface area contributed by atoms with Crippen LogP contribution < -0.4 is 14.2 Å². The van der Waals surface area contributed by atoms with Gasteiger partial charge < -0.3 is 14.5 Å². The number of fused-ring (bicyclic) bond motifs is 1. The predicted molar refractivity (Wildman–Crippen MR) is 94.7 cm³/mol. The van der Waals surface area contributed by atoms with Crippen molar-refractivity contribution in [3.05, 3.63) is 29.1 Å². The van der Waals surface area contributed by atoms with Gasteiger partial charge in [-0.05, 0) is 28.1 Å². The van der Waals surface area contributed by atoms with Gasteiger partial charge in [0.2, 0.25) is 11.7 Å². The first-order valence-corrected chi connectivity index (χ1v) is 9.65. The van der Waals surface area contributed by atoms with Gasteiger partial charge in [0, 0.05) is 11.6 Å². The monoisotopic (exact) mass is 481 g/mol. The van der Waals surface area contributed by atoms with Crippen LogP contribution in [-0.2, 0) is 10.0 Å². The summed E-state index contributed by atoms with van der Waals surface area (Å²) in [6.07, 6.45) is -4.26. The normalized spacial score (nSPS) is 12.9. The van der Waals surface area contributed by atoms with Gasteiger partial charge in [0.25, 0.3) is 22.3 Å². The van der Waals surface area contributed by atoms with E-state index in [9.17, 15) is 21.6 Å². The number of anilines is 1. The van der Waals surface area contributed by atoms with Gasteiger partial charge in [-0.1, -0.05) is 0 Å². The lowest BCUT2D eigenvalue weighted by atomic mass is 10.3. The number of H-pyrrole nitrogens is 1. The second-order valence-corrected chi connectivity index (χ2v) is 7.62. The van der Waals surface area contributed by atoms with Gasteiger partial charge in [0.15, 0.2) is 0 Å². The van der Waals surface area contributed by atoms with Crippen LogP contribution in [0.3, 0.4) is 0 Å². The Morgan fingerprint density at radius 3 is 2.68 bits per heavy atom. The molecule has 2 N–H and O–H groups in total. The second-order valence-electron chi connectivity index (χ2n) is 5.16. The van der Waals surface area contributed by atoms with E-state index in [1.165, 1.54) is 6.20 Å². The van der Waals surface area contributed by atoms with Crippen LogP contribution in [0.25, 0.3) is 11.0 Å². The second kappa shape index (κ2) is 7.79. The fraction of sp³-hybridized carbons (Fsp3) is 0.214. The highest BCUT2D eigenvalue weighted by Crippen LogP contribution is 2.29. The maximum Gasteiger partial charge on any atom is 0.304 e. The molecule has 3 aromatic heterocycles. The Morgan fingerprint density at radius 2 is 2.00 bits per heavy atom. The van der Waals surface area contributed by atoms with Gasteiger partial charge in [-0.3, -0.25) is 0 Å². The minimum absolute atomic E-state index is 0.119. The summed E-state index contributed by atoms with van der Waals surface area (Å²) < 4.78 is 74.7. The van der Waals surface area contributed by atoms with Crippen molar-refractivity contribution >= 4 is 42.9 Å². The van der Waals surface area contributed by atoms with E-state index in [0.29, 0.717) is 15.6 Å². The minimum atomic E-state index is -4.14. The van der Waals surface area contributed by atoms with Gasteiger partial charge in [-0.15, -0.1) is 0 Å². The topological polar surface area (TPSA) is 119 Å². The molecule has 150 valence electrons. The van der Waals surface area contributed by atoms with E-state index in [2.05, 4.69) is 45.3 Å². The molecule has 0 bridgehead atoms. The van der Waals surface area contributed by atoms with Crippen LogP contribution in [0.15, 0.2) is 34.0 Å². The molecule has 3 rings (SSSR count). The summed E-state index contributed by atoms with van der Waals surface area (Å²) in [6.45, 7) is 0. The zero-order valence-electron chi connectivity index (χ0n) is 13.9. The Morgan fingerprint density at radius 1 is 1.25 bits per heavy atom. The number of nitrogens with zero attached hydrogens (tertiary/aromatic N) is 3. The van der Waals surface area contributed by atoms with E-state index in [-0.39, 0.29) is 4.90 Å². The number of aromatic nitrogens is 4. The molecule has 0 spiro atoms. The average molecular weight is 482 g/mol. The van der Waals surface area contributed by atoms with Crippen LogP contribution in [-0.4, -0.2) is 48.2 Å². The largest absolute Gasteiger partial charge is 0.478 e. The molecule has 28 heavy (non-hydrogen) atoms. The molecular weight excluding hydrogens is 471 g/mol. The number of aromatic amines is 1. The summed E-state index contributed by atoms with van der Waals surface area (Å²) in [4.78, 5) is 14.0. The Kier molecular flexibility index (Phi) is 5.60. The molecule has 1 unspecified atom stereocenters. The number of alkyl halides is 3. The van der Waals surface area contributed by atoms with E-state index in [4.69, 9.17) is 4.74 Å². The third-order valence-corrected chi connectivity index (χ3v) is 5.14. The first-order valence-electron chi connectivity index (χ1n) is 7.37. The number of hydrogen-bond donors (Lipinski definition) is 2. The van der Waals surface area contributed by atoms with Crippen LogP contribution in [0.5, 0.6) is 11.6 Å². The van der Waals surface area contributed by atoms with Crippen molar-refractivity contribution in [2.75, 3.05) is 11.8 Å². The van der Waals surface area contributed by atoms with Crippen molar-refractivity contribution in [3.8, 4) is 11.6 Å². The molecule has 0 fully saturated rings. The van der Waals surface area contributed by atoms with E-state index < -0.39 is 40.4 Å². The van der Waals surface area contributed by atoms with Crippen molar-refractivity contribution in [1.29, 1.82) is 0 Å². The van der Waals surface area contributed by atoms with Crippen LogP contribution in [0.4, 0.5) is 19.1 Å². The molecular formula is C14H11BrF3N5O4S. The van der Waals surface area contributed by atoms with E-state index in [0.717, 1.165) is 13.3 Å². The summed E-state index contributed by atoms with van der Waals surface area (Å²) in [5.74, 6) is -1.38. The Labute approximate surface area is 164 Å². The molecule has 14 heteroatoms. The molecule has 9 nitrogen and oxygen atoms in total. The average Bonchev–Trinajstić information content (AvgIpc) is 3.06. The number of pyridine rings is 1. The SMILES string of the molecule is COc1nc(NS(=O)(=O)c2c[nH]c3nc(Br)ccc23)ncc1OC(F)C(F)F. The molecule has 1 atom stereocenters. The maximum atomic E-state index is 13.1. The molecule has 0 aliphatic heterocycles. The third-order valence-electron chi connectivity index (χ3n) is 3.34. The van der Waals surface area contributed by atoms with Crippen LogP contribution in [0, 0.1) is 0 Å². The van der Waals surface area contributed by atoms with Crippen LogP contribution in [0.2, 0.25) is 0 Å². The molecule has 0 aromatic carbocycles. The summed E-state index contributed by atoms with van der Waals surface area (Å²) >= 11 is 3.18. The van der Waals surface area contributed by atoms with Crippen molar-refractivity contribution < 1.29 is 31.1 Å². The first-order chi connectivity index (χ1) is 13.2. The lowest BCUT2D eigenvalue weighted by Gasteiger charge is -2.13. The fourth-order valence-corrected chi connectivity index (χ4v) is 3.58. The lowest BCUT2D eigenvalue weighted by Crippen LogP contribution is -2.20. The third kappa shape index (κ3) is 4.11. The van der Waals surface area contributed by atoms with Gasteiger partial charge in [-0.2, -0.15) is 9.37 Å². The molecule has 0 saturated heterocycles. The molecule has 0 amide bonds. The smallest absolute Gasteiger partial charge is 0.304 e. The highest BCUT2D eigenvalue weighted by molar-refractivity contribution is 9.10. The number of rotatable bonds is 7. The zero-order chi connectivity index (χ0) is 20.5. The number of sulfonamides is 1. The van der Waals surface area contributed by atoms with Gasteiger partial charge in [0.1, 0.15) is 15.1 Å². The standard InChI is InChI=1S/C14H11BrF3N5O4S/c1-26-13-7(27-11(18)10(16)17)4-20-14(22-13)23-28(24,25)8-5-19-12-6(8)2-3-9(15)21-12/h2-5,10-11H,1H3,(H,19,21)(H,20,22,23). The number of hydrogen-bond acceptors (Lipinski definition) is 7. The Hall–Kier alpha value is -2.61. The van der Waals surface area contributed by atoms with E-state index >= 15 is 0 Å². The van der Waals surface area contributed by atoms with E-state index in [1.54, 1.807) is 12.1 Å². The predicted octanol–water partition coefficient (Wildman–Crippen LogP) is 2.86.